The van der Waals surface area contributed by atoms with E-state index in [2.05, 4.69) is 4.74 Å². The van der Waals surface area contributed by atoms with Gasteiger partial charge in [0.1, 0.15) is 5.75 Å². The van der Waals surface area contributed by atoms with E-state index in [1.165, 1.54) is 18.2 Å². The van der Waals surface area contributed by atoms with Crippen LogP contribution in [0.15, 0.2) is 18.2 Å². The molecule has 3 nitrogen and oxygen atoms in total. The molecule has 0 heterocycles. The first-order valence-electron chi connectivity index (χ1n) is 3.68. The molecule has 70 valence electrons. The van der Waals surface area contributed by atoms with E-state index in [0.717, 1.165) is 0 Å². The number of hydrogen-bond acceptors (Lipinski definition) is 2. The maximum Gasteiger partial charge on any atom is 0.335 e. The third-order valence-corrected chi connectivity index (χ3v) is 1.63. The Morgan fingerprint density at radius 1 is 1.62 bits per heavy atom. The van der Waals surface area contributed by atoms with Crippen molar-refractivity contribution < 1.29 is 19.0 Å². The molecule has 0 fully saturated rings. The summed E-state index contributed by atoms with van der Waals surface area (Å²) in [5.74, 6) is -0.637. The zero-order valence-electron chi connectivity index (χ0n) is 7.08. The second-order valence-corrected chi connectivity index (χ2v) is 2.54. The summed E-state index contributed by atoms with van der Waals surface area (Å²) in [6.07, 6.45) is 0. The van der Waals surface area contributed by atoms with Crippen molar-refractivity contribution in [2.45, 2.75) is 6.92 Å². The molecule has 0 saturated carbocycles. The molecule has 0 aliphatic rings. The molecule has 0 saturated heterocycles. The fourth-order valence-electron chi connectivity index (χ4n) is 1.00. The molecule has 0 spiro atoms. The molecule has 1 rings (SSSR count). The first kappa shape index (κ1) is 9.51. The monoisotopic (exact) mass is 184 g/mol. The van der Waals surface area contributed by atoms with Gasteiger partial charge in [-0.15, -0.1) is 0 Å². The van der Waals surface area contributed by atoms with Crippen molar-refractivity contribution in [2.24, 2.45) is 0 Å². The third-order valence-electron chi connectivity index (χ3n) is 1.63. The molecule has 1 aromatic rings. The highest BCUT2D eigenvalue weighted by molar-refractivity contribution is 5.88. The molecule has 0 unspecified atom stereocenters. The smallest absolute Gasteiger partial charge is 0.335 e. The molecule has 0 aliphatic heterocycles. The van der Waals surface area contributed by atoms with E-state index in [0.29, 0.717) is 11.3 Å². The lowest BCUT2D eigenvalue weighted by Gasteiger charge is -2.05. The van der Waals surface area contributed by atoms with Gasteiger partial charge in [0.25, 0.3) is 0 Å². The summed E-state index contributed by atoms with van der Waals surface area (Å²) < 4.78 is 16.4. The molecule has 0 aromatic heterocycles. The minimum absolute atomic E-state index is 0.170. The molecular weight excluding hydrogens is 175 g/mol. The zero-order chi connectivity index (χ0) is 9.84. The predicted octanol–water partition coefficient (Wildman–Crippen LogP) is 2.00. The average molecular weight is 184 g/mol. The lowest BCUT2D eigenvalue weighted by atomic mass is 10.1. The molecule has 4 heteroatoms. The number of carbonyl (C=O) groups is 1. The molecule has 13 heavy (non-hydrogen) atoms. The van der Waals surface area contributed by atoms with Crippen molar-refractivity contribution in [3.8, 4) is 5.75 Å². The number of ether oxygens (including phenoxy) is 1. The van der Waals surface area contributed by atoms with Crippen molar-refractivity contribution in [2.75, 3.05) is 6.86 Å². The minimum Gasteiger partial charge on any atom is -0.478 e. The Morgan fingerprint density at radius 3 is 2.77 bits per heavy atom. The number of halogens is 1. The molecule has 1 aromatic carbocycles. The largest absolute Gasteiger partial charge is 0.478 e. The van der Waals surface area contributed by atoms with Crippen LogP contribution in [0.4, 0.5) is 4.39 Å². The van der Waals surface area contributed by atoms with Gasteiger partial charge in [0.05, 0.1) is 5.56 Å². The van der Waals surface area contributed by atoms with Gasteiger partial charge in [-0.1, -0.05) is 0 Å². The maximum atomic E-state index is 11.8. The van der Waals surface area contributed by atoms with Crippen LogP contribution < -0.4 is 4.74 Å². The first-order valence-corrected chi connectivity index (χ1v) is 3.68. The summed E-state index contributed by atoms with van der Waals surface area (Å²) in [6.45, 7) is 0.755. The lowest BCUT2D eigenvalue weighted by Crippen LogP contribution is -1.98. The Hall–Kier alpha value is -1.58. The van der Waals surface area contributed by atoms with E-state index in [4.69, 9.17) is 5.11 Å². The van der Waals surface area contributed by atoms with Crippen molar-refractivity contribution in [1.29, 1.82) is 0 Å². The normalized spacial score (nSPS) is 9.69. The minimum atomic E-state index is -1.00. The van der Waals surface area contributed by atoms with Crippen LogP contribution in [-0.2, 0) is 0 Å². The summed E-state index contributed by atoms with van der Waals surface area (Å²) in [6, 6.07) is 4.26. The topological polar surface area (TPSA) is 46.5 Å². The number of hydrogen-bond donors (Lipinski definition) is 1. The Kier molecular flexibility index (Phi) is 2.84. The molecule has 0 bridgehead atoms. The summed E-state index contributed by atoms with van der Waals surface area (Å²) >= 11 is 0. The lowest BCUT2D eigenvalue weighted by molar-refractivity contribution is 0.0696. The fraction of sp³-hybridized carbons (Fsp3) is 0.222. The maximum absolute atomic E-state index is 11.8. The Balaban J connectivity index is 2.98. The van der Waals surface area contributed by atoms with Crippen LogP contribution in [0.1, 0.15) is 15.9 Å². The number of aryl methyl sites for hydroxylation is 1. The molecule has 0 amide bonds. The van der Waals surface area contributed by atoms with Crippen LogP contribution in [0.2, 0.25) is 0 Å². The summed E-state index contributed by atoms with van der Waals surface area (Å²) in [4.78, 5) is 10.5. The third kappa shape index (κ3) is 2.18. The van der Waals surface area contributed by atoms with Gasteiger partial charge in [-0.2, -0.15) is 0 Å². The van der Waals surface area contributed by atoms with Crippen LogP contribution in [0, 0.1) is 6.92 Å². The number of aromatic carboxylic acids is 1. The van der Waals surface area contributed by atoms with Gasteiger partial charge < -0.3 is 9.84 Å². The number of rotatable bonds is 3. The van der Waals surface area contributed by atoms with Crippen LogP contribution in [0.5, 0.6) is 5.75 Å². The van der Waals surface area contributed by atoms with Crippen LogP contribution in [0.25, 0.3) is 0 Å². The fourth-order valence-corrected chi connectivity index (χ4v) is 1.00. The quantitative estimate of drug-likeness (QED) is 0.781. The van der Waals surface area contributed by atoms with Gasteiger partial charge in [0, 0.05) is 0 Å². The van der Waals surface area contributed by atoms with Crippen LogP contribution >= 0.6 is 0 Å². The van der Waals surface area contributed by atoms with Gasteiger partial charge >= 0.3 is 5.97 Å². The van der Waals surface area contributed by atoms with Crippen molar-refractivity contribution in [3.05, 3.63) is 29.3 Å². The highest BCUT2D eigenvalue weighted by Gasteiger charge is 2.05. The van der Waals surface area contributed by atoms with Gasteiger partial charge in [0.2, 0.25) is 6.86 Å². The van der Waals surface area contributed by atoms with E-state index in [-0.39, 0.29) is 5.56 Å². The van der Waals surface area contributed by atoms with Gasteiger partial charge in [-0.05, 0) is 30.7 Å². The molecule has 0 aliphatic carbocycles. The summed E-state index contributed by atoms with van der Waals surface area (Å²) in [7, 11) is 0. The molecular formula is C9H9FO3. The Labute approximate surface area is 74.8 Å². The predicted molar refractivity (Wildman–Crippen MR) is 44.7 cm³/mol. The Bertz CT molecular complexity index is 323. The van der Waals surface area contributed by atoms with Gasteiger partial charge in [-0.25, -0.2) is 9.18 Å². The number of carboxylic acid groups (broad SMARTS) is 1. The average Bonchev–Trinajstić information content (AvgIpc) is 2.08. The SMILES string of the molecule is Cc1cc(C(=O)O)ccc1OCF. The van der Waals surface area contributed by atoms with Crippen molar-refractivity contribution in [3.63, 3.8) is 0 Å². The van der Waals surface area contributed by atoms with Crippen LogP contribution in [0.3, 0.4) is 0 Å². The Morgan fingerprint density at radius 2 is 2.31 bits per heavy atom. The number of benzene rings is 1. The highest BCUT2D eigenvalue weighted by atomic mass is 19.1. The molecule has 0 radical (unpaired) electrons. The molecule has 0 atom stereocenters. The van der Waals surface area contributed by atoms with Gasteiger partial charge in [-0.3, -0.25) is 0 Å². The standard InChI is InChI=1S/C9H9FO3/c1-6-4-7(9(11)12)2-3-8(6)13-5-10/h2-4H,5H2,1H3,(H,11,12). The van der Waals surface area contributed by atoms with E-state index in [9.17, 15) is 9.18 Å². The van der Waals surface area contributed by atoms with E-state index < -0.39 is 12.8 Å². The van der Waals surface area contributed by atoms with E-state index in [1.54, 1.807) is 6.92 Å². The second-order valence-electron chi connectivity index (χ2n) is 2.54. The number of alkyl halides is 1. The zero-order valence-corrected chi connectivity index (χ0v) is 7.08. The van der Waals surface area contributed by atoms with E-state index >= 15 is 0 Å². The van der Waals surface area contributed by atoms with Crippen molar-refractivity contribution in [1.82, 2.24) is 0 Å². The summed E-state index contributed by atoms with van der Waals surface area (Å²) in [5, 5.41) is 8.62. The van der Waals surface area contributed by atoms with Crippen LogP contribution in [-0.4, -0.2) is 17.9 Å². The second kappa shape index (κ2) is 3.89. The summed E-state index contributed by atoms with van der Waals surface area (Å²) in [5.41, 5.74) is 0.779. The number of carboxylic acids is 1. The highest BCUT2D eigenvalue weighted by Crippen LogP contribution is 2.18. The van der Waals surface area contributed by atoms with Gasteiger partial charge in [0.15, 0.2) is 0 Å². The first-order chi connectivity index (χ1) is 6.15. The van der Waals surface area contributed by atoms with Crippen molar-refractivity contribution >= 4 is 5.97 Å². The van der Waals surface area contributed by atoms with E-state index in [1.807, 2.05) is 0 Å². The molecule has 1 N–H and O–H groups in total.